The quantitative estimate of drug-likeness (QED) is 0.615. The molecular formula is C17H25Cl2N3O5. The van der Waals surface area contributed by atoms with E-state index in [4.69, 9.17) is 37.4 Å². The number of ether oxygens (including phenoxy) is 3. The zero-order valence-corrected chi connectivity index (χ0v) is 18.2. The Kier molecular flexibility index (Phi) is 7.30. The molecule has 0 aliphatic carbocycles. The molecule has 0 radical (unpaired) electrons. The maximum absolute atomic E-state index is 12.6. The number of halogens is 2. The lowest BCUT2D eigenvalue weighted by atomic mass is 10.2. The van der Waals surface area contributed by atoms with Gasteiger partial charge in [0, 0.05) is 0 Å². The summed E-state index contributed by atoms with van der Waals surface area (Å²) < 4.78 is 16.0. The molecule has 0 aliphatic heterocycles. The lowest BCUT2D eigenvalue weighted by Gasteiger charge is -2.27. The van der Waals surface area contributed by atoms with E-state index in [0.717, 1.165) is 0 Å². The number of aromatic nitrogens is 2. The van der Waals surface area contributed by atoms with Crippen molar-refractivity contribution in [2.24, 2.45) is 0 Å². The highest BCUT2D eigenvalue weighted by Crippen LogP contribution is 2.33. The summed E-state index contributed by atoms with van der Waals surface area (Å²) in [5.74, 6) is -0.338. The minimum Gasteiger partial charge on any atom is -0.485 e. The first kappa shape index (κ1) is 23.2. The van der Waals surface area contributed by atoms with Gasteiger partial charge >= 0.3 is 12.2 Å². The minimum absolute atomic E-state index is 0.0467. The molecule has 0 unspecified atom stereocenters. The summed E-state index contributed by atoms with van der Waals surface area (Å²) in [6.45, 7) is 13.5. The first-order valence-electron chi connectivity index (χ1n) is 8.26. The fourth-order valence-corrected chi connectivity index (χ4v) is 2.14. The van der Waals surface area contributed by atoms with E-state index in [2.05, 4.69) is 9.97 Å². The first-order chi connectivity index (χ1) is 12.1. The second kappa shape index (κ2) is 8.48. The van der Waals surface area contributed by atoms with Crippen LogP contribution in [0.1, 0.15) is 55.4 Å². The van der Waals surface area contributed by atoms with Gasteiger partial charge in [-0.05, 0) is 55.4 Å². The first-order valence-corrected chi connectivity index (χ1v) is 9.02. The van der Waals surface area contributed by atoms with E-state index in [0.29, 0.717) is 4.90 Å². The Morgan fingerprint density at radius 1 is 0.889 bits per heavy atom. The Labute approximate surface area is 169 Å². The van der Waals surface area contributed by atoms with Crippen LogP contribution in [-0.2, 0) is 9.47 Å². The van der Waals surface area contributed by atoms with Crippen LogP contribution >= 0.6 is 23.2 Å². The lowest BCUT2D eigenvalue weighted by Crippen LogP contribution is -2.44. The third kappa shape index (κ3) is 7.38. The minimum atomic E-state index is -1.03. The van der Waals surface area contributed by atoms with Crippen LogP contribution in [0, 0.1) is 0 Å². The van der Waals surface area contributed by atoms with Gasteiger partial charge in [-0.15, -0.1) is 4.90 Å². The van der Waals surface area contributed by atoms with Crippen molar-refractivity contribution in [1.82, 2.24) is 9.97 Å². The van der Waals surface area contributed by atoms with Gasteiger partial charge in [0.15, 0.2) is 16.1 Å². The van der Waals surface area contributed by atoms with Crippen LogP contribution in [0.2, 0.25) is 10.3 Å². The van der Waals surface area contributed by atoms with Crippen molar-refractivity contribution in [2.75, 3.05) is 4.90 Å². The molecule has 1 heterocycles. The summed E-state index contributed by atoms with van der Waals surface area (Å²) in [4.78, 5) is 33.6. The molecule has 0 aliphatic rings. The van der Waals surface area contributed by atoms with E-state index in [1.807, 2.05) is 0 Å². The van der Waals surface area contributed by atoms with Crippen molar-refractivity contribution in [3.8, 4) is 5.75 Å². The van der Waals surface area contributed by atoms with Crippen LogP contribution < -0.4 is 9.64 Å². The fraction of sp³-hybridized carbons (Fsp3) is 0.647. The standard InChI is InChI=1S/C17H25Cl2N3O5/c1-9(2)25-10-11(18)20-13(21-12(10)19)22(14(23)26-16(3,4)5)15(24)27-17(6,7)8/h9H,1-8H3. The number of hydrogen-bond acceptors (Lipinski definition) is 7. The number of nitrogens with zero attached hydrogens (tertiary/aromatic N) is 3. The number of amides is 2. The van der Waals surface area contributed by atoms with Crippen LogP contribution in [0.4, 0.5) is 15.5 Å². The number of carbonyl (C=O) groups excluding carboxylic acids is 2. The summed E-state index contributed by atoms with van der Waals surface area (Å²) in [6, 6.07) is 0. The Bertz CT molecular complexity index is 660. The van der Waals surface area contributed by atoms with Crippen molar-refractivity contribution >= 4 is 41.3 Å². The molecule has 2 amide bonds. The van der Waals surface area contributed by atoms with Crippen LogP contribution in [0.3, 0.4) is 0 Å². The van der Waals surface area contributed by atoms with Crippen molar-refractivity contribution < 1.29 is 23.8 Å². The predicted octanol–water partition coefficient (Wildman–Crippen LogP) is 5.25. The van der Waals surface area contributed by atoms with Gasteiger partial charge in [0.05, 0.1) is 6.10 Å². The van der Waals surface area contributed by atoms with E-state index in [-0.39, 0.29) is 28.1 Å². The SMILES string of the molecule is CC(C)Oc1c(Cl)nc(N(C(=O)OC(C)(C)C)C(=O)OC(C)(C)C)nc1Cl. The largest absolute Gasteiger partial charge is 0.485 e. The maximum Gasteiger partial charge on any atom is 0.427 e. The Balaban J connectivity index is 3.38. The molecule has 0 atom stereocenters. The molecular weight excluding hydrogens is 397 g/mol. The average molecular weight is 422 g/mol. The Morgan fingerprint density at radius 3 is 1.56 bits per heavy atom. The van der Waals surface area contributed by atoms with Crippen LogP contribution in [0.25, 0.3) is 0 Å². The average Bonchev–Trinajstić information content (AvgIpc) is 2.38. The summed E-state index contributed by atoms with van der Waals surface area (Å²) in [7, 11) is 0. The van der Waals surface area contributed by atoms with Crippen molar-refractivity contribution in [1.29, 1.82) is 0 Å². The normalized spacial score (nSPS) is 12.0. The van der Waals surface area contributed by atoms with Gasteiger partial charge in [-0.25, -0.2) is 9.59 Å². The van der Waals surface area contributed by atoms with E-state index in [1.54, 1.807) is 55.4 Å². The smallest absolute Gasteiger partial charge is 0.427 e. The second-order valence-electron chi connectivity index (χ2n) is 7.90. The topological polar surface area (TPSA) is 90.8 Å². The van der Waals surface area contributed by atoms with Crippen LogP contribution in [0.15, 0.2) is 0 Å². The predicted molar refractivity (Wildman–Crippen MR) is 103 cm³/mol. The Morgan fingerprint density at radius 2 is 1.26 bits per heavy atom. The molecule has 0 spiro atoms. The van der Waals surface area contributed by atoms with Gasteiger partial charge in [0.2, 0.25) is 5.95 Å². The van der Waals surface area contributed by atoms with Crippen molar-refractivity contribution in [3.05, 3.63) is 10.3 Å². The highest BCUT2D eigenvalue weighted by molar-refractivity contribution is 6.36. The highest BCUT2D eigenvalue weighted by atomic mass is 35.5. The van der Waals surface area contributed by atoms with E-state index < -0.39 is 23.4 Å². The molecule has 1 aromatic rings. The lowest BCUT2D eigenvalue weighted by molar-refractivity contribution is 0.0427. The summed E-state index contributed by atoms with van der Waals surface area (Å²) in [5, 5.41) is -0.313. The van der Waals surface area contributed by atoms with Gasteiger partial charge in [-0.1, -0.05) is 23.2 Å². The van der Waals surface area contributed by atoms with Crippen LogP contribution in [-0.4, -0.2) is 39.5 Å². The fourth-order valence-electron chi connectivity index (χ4n) is 1.67. The van der Waals surface area contributed by atoms with Crippen molar-refractivity contribution in [3.63, 3.8) is 0 Å². The maximum atomic E-state index is 12.6. The molecule has 0 saturated carbocycles. The van der Waals surface area contributed by atoms with E-state index in [9.17, 15) is 9.59 Å². The van der Waals surface area contributed by atoms with E-state index in [1.165, 1.54) is 0 Å². The summed E-state index contributed by atoms with van der Waals surface area (Å²) in [6.07, 6.45) is -2.29. The molecule has 152 valence electrons. The third-order valence-corrected chi connectivity index (χ3v) is 2.99. The number of anilines is 1. The molecule has 0 aromatic carbocycles. The van der Waals surface area contributed by atoms with Crippen molar-refractivity contribution in [2.45, 2.75) is 72.7 Å². The van der Waals surface area contributed by atoms with Gasteiger partial charge in [0.1, 0.15) is 11.2 Å². The van der Waals surface area contributed by atoms with Gasteiger partial charge in [-0.3, -0.25) is 0 Å². The molecule has 1 aromatic heterocycles. The summed E-state index contributed by atoms with van der Waals surface area (Å²) in [5.41, 5.74) is -1.74. The number of carbonyl (C=O) groups is 2. The summed E-state index contributed by atoms with van der Waals surface area (Å²) >= 11 is 12.2. The molecule has 1 rings (SSSR count). The molecule has 27 heavy (non-hydrogen) atoms. The molecule has 0 N–H and O–H groups in total. The van der Waals surface area contributed by atoms with E-state index >= 15 is 0 Å². The van der Waals surface area contributed by atoms with Gasteiger partial charge < -0.3 is 14.2 Å². The third-order valence-electron chi connectivity index (χ3n) is 2.48. The highest BCUT2D eigenvalue weighted by Gasteiger charge is 2.35. The zero-order chi connectivity index (χ0) is 21.2. The van der Waals surface area contributed by atoms with Crippen LogP contribution in [0.5, 0.6) is 5.75 Å². The van der Waals surface area contributed by atoms with Gasteiger partial charge in [0.25, 0.3) is 0 Å². The zero-order valence-electron chi connectivity index (χ0n) is 16.7. The number of imide groups is 1. The number of hydrogen-bond donors (Lipinski definition) is 0. The molecule has 0 saturated heterocycles. The monoisotopic (exact) mass is 421 g/mol. The molecule has 10 heteroatoms. The number of rotatable bonds is 3. The second-order valence-corrected chi connectivity index (χ2v) is 8.61. The Hall–Kier alpha value is -1.80. The van der Waals surface area contributed by atoms with Gasteiger partial charge in [-0.2, -0.15) is 9.97 Å². The molecule has 0 bridgehead atoms. The molecule has 0 fully saturated rings. The molecule has 8 nitrogen and oxygen atoms in total.